The van der Waals surface area contributed by atoms with E-state index in [1.54, 1.807) is 12.1 Å². The van der Waals surface area contributed by atoms with Crippen LogP contribution < -0.4 is 5.56 Å². The summed E-state index contributed by atoms with van der Waals surface area (Å²) >= 11 is 5.81. The molecule has 4 rings (SSSR count). The van der Waals surface area contributed by atoms with E-state index in [2.05, 4.69) is 20.2 Å². The standard InChI is InChI=1S/C16H9ClF3N5O/c17-9-1-2-11(21-5-9)8-3-12-14(22-4-8)13-10(6-23-24-13)15(26)25(12)7-16(18,19)20/h1-6H,7H2,(H,23,24). The van der Waals surface area contributed by atoms with Crippen LogP contribution in [0.1, 0.15) is 0 Å². The second-order valence-electron chi connectivity index (χ2n) is 5.62. The summed E-state index contributed by atoms with van der Waals surface area (Å²) in [5.41, 5.74) is 0.695. The molecule has 132 valence electrons. The molecule has 6 nitrogen and oxygen atoms in total. The molecule has 0 saturated carbocycles. The van der Waals surface area contributed by atoms with Crippen molar-refractivity contribution in [3.63, 3.8) is 0 Å². The maximum Gasteiger partial charge on any atom is 0.406 e. The van der Waals surface area contributed by atoms with Gasteiger partial charge in [-0.1, -0.05) is 11.6 Å². The number of aromatic nitrogens is 5. The van der Waals surface area contributed by atoms with Crippen LogP contribution >= 0.6 is 11.6 Å². The first kappa shape index (κ1) is 16.5. The minimum absolute atomic E-state index is 0.0401. The second kappa shape index (κ2) is 5.80. The molecule has 0 spiro atoms. The number of alkyl halides is 3. The average Bonchev–Trinajstić information content (AvgIpc) is 3.08. The number of nitrogens with zero attached hydrogens (tertiary/aromatic N) is 4. The fourth-order valence-electron chi connectivity index (χ4n) is 2.76. The van der Waals surface area contributed by atoms with Gasteiger partial charge < -0.3 is 0 Å². The molecule has 4 aromatic rings. The quantitative estimate of drug-likeness (QED) is 0.578. The normalized spacial score (nSPS) is 12.2. The van der Waals surface area contributed by atoms with Crippen molar-refractivity contribution >= 4 is 33.5 Å². The van der Waals surface area contributed by atoms with E-state index in [-0.39, 0.29) is 16.4 Å². The highest BCUT2D eigenvalue weighted by molar-refractivity contribution is 6.30. The number of H-pyrrole nitrogens is 1. The highest BCUT2D eigenvalue weighted by Gasteiger charge is 2.30. The Morgan fingerprint density at radius 2 is 1.96 bits per heavy atom. The largest absolute Gasteiger partial charge is 0.406 e. The number of hydrogen-bond donors (Lipinski definition) is 1. The number of pyridine rings is 3. The number of nitrogens with one attached hydrogen (secondary N) is 1. The molecule has 0 aliphatic carbocycles. The van der Waals surface area contributed by atoms with Gasteiger partial charge in [0.05, 0.1) is 33.3 Å². The van der Waals surface area contributed by atoms with E-state index in [9.17, 15) is 18.0 Å². The van der Waals surface area contributed by atoms with Crippen LogP contribution in [0.15, 0.2) is 41.6 Å². The molecule has 0 aliphatic heterocycles. The van der Waals surface area contributed by atoms with Crippen molar-refractivity contribution in [1.82, 2.24) is 24.7 Å². The first-order valence-electron chi connectivity index (χ1n) is 7.38. The molecule has 26 heavy (non-hydrogen) atoms. The van der Waals surface area contributed by atoms with Crippen LogP contribution in [-0.4, -0.2) is 30.9 Å². The first-order chi connectivity index (χ1) is 12.3. The first-order valence-corrected chi connectivity index (χ1v) is 7.75. The van der Waals surface area contributed by atoms with E-state index in [4.69, 9.17) is 11.6 Å². The Balaban J connectivity index is 2.04. The van der Waals surface area contributed by atoms with Crippen LogP contribution in [0.4, 0.5) is 13.2 Å². The van der Waals surface area contributed by atoms with E-state index in [0.717, 1.165) is 0 Å². The average molecular weight is 380 g/mol. The van der Waals surface area contributed by atoms with Gasteiger partial charge in [0.25, 0.3) is 5.56 Å². The fourth-order valence-corrected chi connectivity index (χ4v) is 2.87. The summed E-state index contributed by atoms with van der Waals surface area (Å²) in [6.07, 6.45) is -0.480. The van der Waals surface area contributed by atoms with Crippen LogP contribution in [0.25, 0.3) is 33.2 Å². The molecule has 1 N–H and O–H groups in total. The van der Waals surface area contributed by atoms with E-state index in [0.29, 0.717) is 26.4 Å². The summed E-state index contributed by atoms with van der Waals surface area (Å²) in [6.45, 7) is -1.43. The maximum absolute atomic E-state index is 13.0. The third-order valence-corrected chi connectivity index (χ3v) is 4.09. The van der Waals surface area contributed by atoms with Crippen LogP contribution in [0.2, 0.25) is 5.02 Å². The lowest BCUT2D eigenvalue weighted by atomic mass is 10.1. The zero-order valence-electron chi connectivity index (χ0n) is 12.9. The Bertz CT molecular complexity index is 1180. The van der Waals surface area contributed by atoms with Gasteiger partial charge in [0, 0.05) is 18.0 Å². The van der Waals surface area contributed by atoms with Crippen LogP contribution in [0, 0.1) is 0 Å². The molecule has 0 bridgehead atoms. The minimum atomic E-state index is -4.57. The van der Waals surface area contributed by atoms with Gasteiger partial charge >= 0.3 is 6.18 Å². The summed E-state index contributed by atoms with van der Waals surface area (Å²) in [5, 5.41) is 6.85. The SMILES string of the molecule is O=c1c2cn[nH]c2c2ncc(-c3ccc(Cl)cn3)cc2n1CC(F)(F)F. The Hall–Kier alpha value is -2.94. The van der Waals surface area contributed by atoms with E-state index < -0.39 is 18.3 Å². The summed E-state index contributed by atoms with van der Waals surface area (Å²) in [6, 6.07) is 4.67. The Morgan fingerprint density at radius 1 is 1.15 bits per heavy atom. The fraction of sp³-hybridized carbons (Fsp3) is 0.125. The van der Waals surface area contributed by atoms with E-state index >= 15 is 0 Å². The second-order valence-corrected chi connectivity index (χ2v) is 6.05. The number of halogens is 4. The van der Waals surface area contributed by atoms with Crippen molar-refractivity contribution in [1.29, 1.82) is 0 Å². The van der Waals surface area contributed by atoms with Gasteiger partial charge in [-0.3, -0.25) is 24.4 Å². The third kappa shape index (κ3) is 2.80. The summed E-state index contributed by atoms with van der Waals surface area (Å²) in [4.78, 5) is 20.9. The summed E-state index contributed by atoms with van der Waals surface area (Å²) < 4.78 is 39.7. The molecule has 4 heterocycles. The smallest absolute Gasteiger partial charge is 0.297 e. The summed E-state index contributed by atoms with van der Waals surface area (Å²) in [7, 11) is 0. The van der Waals surface area contributed by atoms with Gasteiger partial charge in [-0.05, 0) is 18.2 Å². The van der Waals surface area contributed by atoms with Crippen LogP contribution in [0.3, 0.4) is 0 Å². The van der Waals surface area contributed by atoms with Gasteiger partial charge in [-0.25, -0.2) is 0 Å². The van der Waals surface area contributed by atoms with Crippen molar-refractivity contribution < 1.29 is 13.2 Å². The third-order valence-electron chi connectivity index (χ3n) is 3.87. The Morgan fingerprint density at radius 3 is 2.65 bits per heavy atom. The van der Waals surface area contributed by atoms with Crippen LogP contribution in [0.5, 0.6) is 0 Å². The summed E-state index contributed by atoms with van der Waals surface area (Å²) in [5.74, 6) is 0. The lowest BCUT2D eigenvalue weighted by Crippen LogP contribution is -2.28. The van der Waals surface area contributed by atoms with E-state index in [1.165, 1.54) is 24.7 Å². The number of rotatable bonds is 2. The van der Waals surface area contributed by atoms with Crippen molar-refractivity contribution in [2.24, 2.45) is 0 Å². The van der Waals surface area contributed by atoms with Crippen molar-refractivity contribution in [3.8, 4) is 11.3 Å². The maximum atomic E-state index is 13.0. The molecule has 0 fully saturated rings. The van der Waals surface area contributed by atoms with Gasteiger partial charge in [-0.2, -0.15) is 18.3 Å². The number of aromatic amines is 1. The molecule has 0 aliphatic rings. The lowest BCUT2D eigenvalue weighted by molar-refractivity contribution is -0.140. The Labute approximate surface area is 148 Å². The topological polar surface area (TPSA) is 76.5 Å². The van der Waals surface area contributed by atoms with Gasteiger partial charge in [0.1, 0.15) is 12.1 Å². The molecule has 0 radical (unpaired) electrons. The molecule has 0 saturated heterocycles. The molecular weight excluding hydrogens is 371 g/mol. The monoisotopic (exact) mass is 379 g/mol. The van der Waals surface area contributed by atoms with Crippen LogP contribution in [-0.2, 0) is 6.54 Å². The highest BCUT2D eigenvalue weighted by Crippen LogP contribution is 2.27. The molecule has 0 amide bonds. The van der Waals surface area contributed by atoms with E-state index in [1.807, 2.05) is 0 Å². The zero-order valence-corrected chi connectivity index (χ0v) is 13.6. The van der Waals surface area contributed by atoms with Gasteiger partial charge in [-0.15, -0.1) is 0 Å². The van der Waals surface area contributed by atoms with Crippen molar-refractivity contribution in [2.45, 2.75) is 12.7 Å². The minimum Gasteiger partial charge on any atom is -0.297 e. The number of fused-ring (bicyclic) bond motifs is 3. The van der Waals surface area contributed by atoms with Gasteiger partial charge in [0.15, 0.2) is 0 Å². The van der Waals surface area contributed by atoms with Crippen molar-refractivity contribution in [3.05, 3.63) is 52.2 Å². The predicted octanol–water partition coefficient (Wildman–Crippen LogP) is 3.55. The molecule has 4 aromatic heterocycles. The lowest BCUT2D eigenvalue weighted by Gasteiger charge is -2.13. The van der Waals surface area contributed by atoms with Gasteiger partial charge in [0.2, 0.25) is 0 Å². The molecule has 10 heteroatoms. The number of hydrogen-bond acceptors (Lipinski definition) is 4. The highest BCUT2D eigenvalue weighted by atomic mass is 35.5. The molecular formula is C16H9ClF3N5O. The zero-order chi connectivity index (χ0) is 18.5. The Kier molecular flexibility index (Phi) is 3.69. The predicted molar refractivity (Wildman–Crippen MR) is 90.0 cm³/mol. The van der Waals surface area contributed by atoms with Crippen molar-refractivity contribution in [2.75, 3.05) is 0 Å². The molecule has 0 aromatic carbocycles. The molecule has 0 atom stereocenters. The molecule has 0 unspecified atom stereocenters.